The van der Waals surface area contributed by atoms with Gasteiger partial charge in [0.05, 0.1) is 0 Å². The van der Waals surface area contributed by atoms with Crippen molar-refractivity contribution in [2.45, 2.75) is 31.9 Å². The Morgan fingerprint density at radius 1 is 1.11 bits per heavy atom. The lowest BCUT2D eigenvalue weighted by Gasteiger charge is -2.33. The molecule has 1 aliphatic heterocycles. The second kappa shape index (κ2) is 7.73. The third-order valence-electron chi connectivity index (χ3n) is 4.76. The molecule has 5 nitrogen and oxygen atoms in total. The highest BCUT2D eigenvalue weighted by Gasteiger charge is 2.47. The van der Waals surface area contributed by atoms with Gasteiger partial charge in [-0.25, -0.2) is 13.6 Å². The third-order valence-corrected chi connectivity index (χ3v) is 4.76. The van der Waals surface area contributed by atoms with Gasteiger partial charge in [0, 0.05) is 6.54 Å². The Morgan fingerprint density at radius 3 is 2.44 bits per heavy atom. The molecule has 1 N–H and O–H groups in total. The molecule has 2 amide bonds. The van der Waals surface area contributed by atoms with E-state index in [1.165, 1.54) is 11.0 Å². The van der Waals surface area contributed by atoms with Gasteiger partial charge < -0.3 is 10.1 Å². The molecular formula is C20H20F2N2O3. The van der Waals surface area contributed by atoms with Crippen LogP contribution in [0.25, 0.3) is 0 Å². The van der Waals surface area contributed by atoms with Crippen LogP contribution < -0.4 is 5.32 Å². The first-order valence-corrected chi connectivity index (χ1v) is 8.65. The van der Waals surface area contributed by atoms with Crippen LogP contribution in [0, 0.1) is 11.6 Å². The lowest BCUT2D eigenvalue weighted by atomic mass is 9.97. The van der Waals surface area contributed by atoms with E-state index in [9.17, 15) is 18.4 Å². The molecule has 3 rings (SSSR count). The Hall–Kier alpha value is -2.96. The molecule has 2 aromatic rings. The molecule has 142 valence electrons. The average Bonchev–Trinajstić information content (AvgIpc) is 3.06. The van der Waals surface area contributed by atoms with Gasteiger partial charge in [-0.15, -0.1) is 0 Å². The minimum atomic E-state index is -1.25. The largest absolute Gasteiger partial charge is 0.445 e. The first-order chi connectivity index (χ1) is 12.9. The zero-order valence-corrected chi connectivity index (χ0v) is 14.9. The maximum Gasteiger partial charge on any atom is 0.410 e. The normalized spacial score (nSPS) is 19.0. The number of rotatable bonds is 4. The zero-order chi connectivity index (χ0) is 19.4. The van der Waals surface area contributed by atoms with Crippen LogP contribution in [0.5, 0.6) is 0 Å². The smallest absolute Gasteiger partial charge is 0.410 e. The van der Waals surface area contributed by atoms with Crippen LogP contribution >= 0.6 is 0 Å². The highest BCUT2D eigenvalue weighted by Crippen LogP contribution is 2.32. The Balaban J connectivity index is 1.71. The molecule has 1 unspecified atom stereocenters. The summed E-state index contributed by atoms with van der Waals surface area (Å²) in [7, 11) is 0. The fourth-order valence-corrected chi connectivity index (χ4v) is 3.15. The van der Waals surface area contributed by atoms with Gasteiger partial charge in [-0.2, -0.15) is 0 Å². The summed E-state index contributed by atoms with van der Waals surface area (Å²) < 4.78 is 33.0. The number of carbonyl (C=O) groups is 2. The van der Waals surface area contributed by atoms with E-state index in [0.29, 0.717) is 19.4 Å². The van der Waals surface area contributed by atoms with Crippen LogP contribution in [0.15, 0.2) is 48.5 Å². The van der Waals surface area contributed by atoms with Crippen LogP contribution in [0.2, 0.25) is 0 Å². The SMILES string of the molecule is CC1(C(=O)Nc2c(F)cccc2F)CCCN1C(=O)OCc1ccccc1. The van der Waals surface area contributed by atoms with E-state index in [1.807, 2.05) is 30.3 Å². The van der Waals surface area contributed by atoms with Crippen molar-refractivity contribution in [2.75, 3.05) is 11.9 Å². The van der Waals surface area contributed by atoms with E-state index in [0.717, 1.165) is 17.7 Å². The Kier molecular flexibility index (Phi) is 5.39. The molecule has 0 radical (unpaired) electrons. The molecule has 1 fully saturated rings. The molecule has 0 aliphatic carbocycles. The van der Waals surface area contributed by atoms with Gasteiger partial charge >= 0.3 is 6.09 Å². The number of hydrogen-bond donors (Lipinski definition) is 1. The van der Waals surface area contributed by atoms with Crippen molar-refractivity contribution in [2.24, 2.45) is 0 Å². The number of anilines is 1. The molecule has 0 saturated carbocycles. The number of hydrogen-bond acceptors (Lipinski definition) is 3. The number of para-hydroxylation sites is 1. The molecule has 1 aliphatic rings. The molecule has 1 saturated heterocycles. The van der Waals surface area contributed by atoms with E-state index < -0.39 is 34.9 Å². The first kappa shape index (κ1) is 18.8. The van der Waals surface area contributed by atoms with Crippen LogP contribution in [-0.2, 0) is 16.1 Å². The van der Waals surface area contributed by atoms with Crippen molar-refractivity contribution >= 4 is 17.7 Å². The minimum Gasteiger partial charge on any atom is -0.445 e. The number of benzene rings is 2. The van der Waals surface area contributed by atoms with Gasteiger partial charge in [0.25, 0.3) is 0 Å². The van der Waals surface area contributed by atoms with E-state index in [-0.39, 0.29) is 6.61 Å². The van der Waals surface area contributed by atoms with Gasteiger partial charge in [-0.05, 0) is 37.5 Å². The molecule has 27 heavy (non-hydrogen) atoms. The summed E-state index contributed by atoms with van der Waals surface area (Å²) in [5.74, 6) is -2.40. The van der Waals surface area contributed by atoms with Gasteiger partial charge in [0.15, 0.2) is 0 Å². The lowest BCUT2D eigenvalue weighted by molar-refractivity contribution is -0.125. The fraction of sp³-hybridized carbons (Fsp3) is 0.300. The summed E-state index contributed by atoms with van der Waals surface area (Å²) in [6.45, 7) is 1.98. The van der Waals surface area contributed by atoms with Crippen molar-refractivity contribution in [3.05, 3.63) is 65.7 Å². The predicted octanol–water partition coefficient (Wildman–Crippen LogP) is 4.09. The molecule has 1 atom stereocenters. The molecule has 0 bridgehead atoms. The summed E-state index contributed by atoms with van der Waals surface area (Å²) in [5.41, 5.74) is -0.944. The van der Waals surface area contributed by atoms with Crippen LogP contribution in [0.1, 0.15) is 25.3 Å². The van der Waals surface area contributed by atoms with Gasteiger partial charge in [-0.1, -0.05) is 36.4 Å². The molecule has 0 spiro atoms. The predicted molar refractivity (Wildman–Crippen MR) is 96.0 cm³/mol. The number of nitrogens with zero attached hydrogens (tertiary/aromatic N) is 1. The van der Waals surface area contributed by atoms with Crippen LogP contribution in [0.4, 0.5) is 19.3 Å². The van der Waals surface area contributed by atoms with Gasteiger partial charge in [-0.3, -0.25) is 9.69 Å². The summed E-state index contributed by atoms with van der Waals surface area (Å²) in [6, 6.07) is 12.5. The van der Waals surface area contributed by atoms with Crippen molar-refractivity contribution in [3.8, 4) is 0 Å². The highest BCUT2D eigenvalue weighted by molar-refractivity contribution is 6.00. The lowest BCUT2D eigenvalue weighted by Crippen LogP contribution is -2.53. The van der Waals surface area contributed by atoms with Gasteiger partial charge in [0.2, 0.25) is 5.91 Å². The van der Waals surface area contributed by atoms with Gasteiger partial charge in [0.1, 0.15) is 29.5 Å². The Labute approximate surface area is 155 Å². The van der Waals surface area contributed by atoms with Crippen LogP contribution in [-0.4, -0.2) is 29.0 Å². The summed E-state index contributed by atoms with van der Waals surface area (Å²) in [4.78, 5) is 26.5. The summed E-state index contributed by atoms with van der Waals surface area (Å²) in [6.07, 6.45) is 0.322. The topological polar surface area (TPSA) is 58.6 Å². The van der Waals surface area contributed by atoms with Crippen molar-refractivity contribution < 1.29 is 23.1 Å². The molecule has 7 heteroatoms. The molecule has 1 heterocycles. The van der Waals surface area contributed by atoms with E-state index >= 15 is 0 Å². The van der Waals surface area contributed by atoms with E-state index in [1.54, 1.807) is 6.92 Å². The standard InChI is InChI=1S/C20H20F2N2O3/c1-20(18(25)23-17-15(21)9-5-10-16(17)22)11-6-12-24(20)19(26)27-13-14-7-3-2-4-8-14/h2-5,7-10H,6,11-13H2,1H3,(H,23,25). The van der Waals surface area contributed by atoms with E-state index in [2.05, 4.69) is 5.32 Å². The van der Waals surface area contributed by atoms with Crippen molar-refractivity contribution in [1.82, 2.24) is 4.90 Å². The van der Waals surface area contributed by atoms with Crippen LogP contribution in [0.3, 0.4) is 0 Å². The number of likely N-dealkylation sites (tertiary alicyclic amines) is 1. The number of amides is 2. The Morgan fingerprint density at radius 2 is 1.78 bits per heavy atom. The second-order valence-electron chi connectivity index (χ2n) is 6.62. The molecule has 0 aromatic heterocycles. The number of halogens is 2. The monoisotopic (exact) mass is 374 g/mol. The minimum absolute atomic E-state index is 0.0792. The second-order valence-corrected chi connectivity index (χ2v) is 6.62. The maximum atomic E-state index is 13.8. The first-order valence-electron chi connectivity index (χ1n) is 8.65. The maximum absolute atomic E-state index is 13.8. The summed E-state index contributed by atoms with van der Waals surface area (Å²) in [5, 5.41) is 2.28. The fourth-order valence-electron chi connectivity index (χ4n) is 3.15. The van der Waals surface area contributed by atoms with Crippen molar-refractivity contribution in [1.29, 1.82) is 0 Å². The number of nitrogens with one attached hydrogen (secondary N) is 1. The third kappa shape index (κ3) is 3.92. The zero-order valence-electron chi connectivity index (χ0n) is 14.9. The van der Waals surface area contributed by atoms with E-state index in [4.69, 9.17) is 4.74 Å². The molecule has 2 aromatic carbocycles. The summed E-state index contributed by atoms with van der Waals surface area (Å²) >= 11 is 0. The highest BCUT2D eigenvalue weighted by atomic mass is 19.1. The average molecular weight is 374 g/mol. The molecular weight excluding hydrogens is 354 g/mol. The number of carbonyl (C=O) groups excluding carboxylic acids is 2. The van der Waals surface area contributed by atoms with Crippen molar-refractivity contribution in [3.63, 3.8) is 0 Å². The quantitative estimate of drug-likeness (QED) is 0.877. The Bertz CT molecular complexity index is 824. The number of ether oxygens (including phenoxy) is 1.